The van der Waals surface area contributed by atoms with Gasteiger partial charge in [0.2, 0.25) is 11.7 Å². The molecule has 0 aliphatic heterocycles. The number of nitrogens with one attached hydrogen (secondary N) is 1. The molecule has 0 heterocycles. The molecule has 1 aromatic rings. The Kier molecular flexibility index (Phi) is 5.20. The van der Waals surface area contributed by atoms with Crippen LogP contribution in [0, 0.1) is 0 Å². The monoisotopic (exact) mass is 248 g/mol. The topological polar surface area (TPSA) is 89.3 Å². The van der Waals surface area contributed by atoms with Gasteiger partial charge in [0.25, 0.3) is 5.91 Å². The van der Waals surface area contributed by atoms with Crippen LogP contribution in [0.3, 0.4) is 0 Å². The molecule has 0 saturated heterocycles. The van der Waals surface area contributed by atoms with Crippen LogP contribution in [0.25, 0.3) is 0 Å². The van der Waals surface area contributed by atoms with Gasteiger partial charge in [0.05, 0.1) is 6.04 Å². The molecular weight excluding hydrogens is 232 g/mol. The van der Waals surface area contributed by atoms with Crippen molar-refractivity contribution in [3.05, 3.63) is 35.9 Å². The molecule has 0 saturated carbocycles. The van der Waals surface area contributed by atoms with E-state index in [0.29, 0.717) is 6.42 Å². The molecule has 0 aliphatic rings. The highest BCUT2D eigenvalue weighted by Gasteiger charge is 2.19. The minimum Gasteiger partial charge on any atom is -0.320 e. The van der Waals surface area contributed by atoms with Crippen LogP contribution in [0.2, 0.25) is 0 Å². The zero-order valence-corrected chi connectivity index (χ0v) is 10.2. The van der Waals surface area contributed by atoms with Crippen molar-refractivity contribution >= 4 is 17.6 Å². The highest BCUT2D eigenvalue weighted by Crippen LogP contribution is 2.01. The second kappa shape index (κ2) is 6.66. The summed E-state index contributed by atoms with van der Waals surface area (Å²) in [6.45, 7) is 1.55. The van der Waals surface area contributed by atoms with Gasteiger partial charge in [0.1, 0.15) is 0 Å². The van der Waals surface area contributed by atoms with Crippen LogP contribution in [0.4, 0.5) is 0 Å². The Balaban J connectivity index is 2.52. The predicted molar refractivity (Wildman–Crippen MR) is 66.6 cm³/mol. The predicted octanol–water partition coefficient (Wildman–Crippen LogP) is 0.178. The first-order valence-corrected chi connectivity index (χ1v) is 5.72. The minimum absolute atomic E-state index is 0.0625. The van der Waals surface area contributed by atoms with Gasteiger partial charge < -0.3 is 5.73 Å². The maximum Gasteiger partial charge on any atom is 0.293 e. The van der Waals surface area contributed by atoms with Crippen LogP contribution >= 0.6 is 0 Å². The summed E-state index contributed by atoms with van der Waals surface area (Å²) in [5.41, 5.74) is 6.56. The summed E-state index contributed by atoms with van der Waals surface area (Å²) < 4.78 is 0. The highest BCUT2D eigenvalue weighted by molar-refractivity contribution is 6.38. The van der Waals surface area contributed by atoms with E-state index < -0.39 is 23.6 Å². The number of rotatable bonds is 5. The number of carbonyl (C=O) groups is 3. The normalized spacial score (nSPS) is 11.7. The Bertz CT molecular complexity index is 443. The zero-order valence-electron chi connectivity index (χ0n) is 10.2. The van der Waals surface area contributed by atoms with Crippen LogP contribution in [-0.2, 0) is 20.8 Å². The van der Waals surface area contributed by atoms with E-state index in [-0.39, 0.29) is 6.42 Å². The van der Waals surface area contributed by atoms with E-state index in [9.17, 15) is 14.4 Å². The van der Waals surface area contributed by atoms with E-state index in [2.05, 4.69) is 0 Å². The molecule has 5 nitrogen and oxygen atoms in total. The molecule has 0 radical (unpaired) electrons. The Morgan fingerprint density at radius 2 is 1.83 bits per heavy atom. The summed E-state index contributed by atoms with van der Waals surface area (Å²) in [5, 5.41) is 2.00. The lowest BCUT2D eigenvalue weighted by atomic mass is 10.1. The molecule has 1 atom stereocenters. The molecule has 0 fully saturated rings. The number of carbonyl (C=O) groups excluding carboxylic acids is 3. The Labute approximate surface area is 105 Å². The molecule has 1 aromatic carbocycles. The van der Waals surface area contributed by atoms with E-state index in [0.717, 1.165) is 5.56 Å². The summed E-state index contributed by atoms with van der Waals surface area (Å²) in [6, 6.07) is 8.37. The van der Waals surface area contributed by atoms with Crippen LogP contribution in [-0.4, -0.2) is 23.6 Å². The van der Waals surface area contributed by atoms with E-state index in [1.807, 2.05) is 35.6 Å². The first-order valence-electron chi connectivity index (χ1n) is 5.72. The van der Waals surface area contributed by atoms with Crippen molar-refractivity contribution in [2.75, 3.05) is 0 Å². The molecule has 0 bridgehead atoms. The van der Waals surface area contributed by atoms with E-state index in [4.69, 9.17) is 5.73 Å². The van der Waals surface area contributed by atoms with Gasteiger partial charge in [-0.25, -0.2) is 0 Å². The molecule has 0 aliphatic carbocycles. The number of benzene rings is 1. The van der Waals surface area contributed by atoms with E-state index >= 15 is 0 Å². The van der Waals surface area contributed by atoms with Crippen molar-refractivity contribution in [2.45, 2.75) is 25.8 Å². The van der Waals surface area contributed by atoms with Crippen molar-refractivity contribution in [1.29, 1.82) is 0 Å². The molecule has 3 N–H and O–H groups in total. The Morgan fingerprint density at radius 3 is 2.39 bits per heavy atom. The number of nitrogens with two attached hydrogens (primary N) is 1. The standard InChI is InChI=1S/C13H16N2O3/c1-2-11(16)13(18)15-12(17)10(14)8-9-6-4-3-5-7-9/h3-7,10H,2,8,14H2,1H3,(H,15,17,18)/t10-/m0/s1. The van der Waals surface area contributed by atoms with Crippen LogP contribution in [0.5, 0.6) is 0 Å². The summed E-state index contributed by atoms with van der Waals surface area (Å²) >= 11 is 0. The number of imide groups is 1. The van der Waals surface area contributed by atoms with Crippen molar-refractivity contribution in [3.63, 3.8) is 0 Å². The molecular formula is C13H16N2O3. The van der Waals surface area contributed by atoms with Gasteiger partial charge in [-0.1, -0.05) is 37.3 Å². The van der Waals surface area contributed by atoms with Gasteiger partial charge in [-0.05, 0) is 12.0 Å². The fourth-order valence-electron chi connectivity index (χ4n) is 1.40. The zero-order chi connectivity index (χ0) is 13.5. The fraction of sp³-hybridized carbons (Fsp3) is 0.308. The van der Waals surface area contributed by atoms with E-state index in [1.54, 1.807) is 6.92 Å². The molecule has 2 amide bonds. The molecule has 0 unspecified atom stereocenters. The number of amides is 2. The number of ketones is 1. The minimum atomic E-state index is -0.897. The maximum absolute atomic E-state index is 11.6. The lowest BCUT2D eigenvalue weighted by Gasteiger charge is -2.10. The van der Waals surface area contributed by atoms with Gasteiger partial charge in [-0.3, -0.25) is 19.7 Å². The molecule has 0 aromatic heterocycles. The Morgan fingerprint density at radius 1 is 1.22 bits per heavy atom. The molecule has 18 heavy (non-hydrogen) atoms. The molecule has 96 valence electrons. The van der Waals surface area contributed by atoms with Gasteiger partial charge in [-0.15, -0.1) is 0 Å². The quantitative estimate of drug-likeness (QED) is 0.727. The number of Topliss-reactive ketones (excluding diaryl/α,β-unsaturated/α-hetero) is 1. The lowest BCUT2D eigenvalue weighted by Crippen LogP contribution is -2.46. The SMILES string of the molecule is CCC(=O)C(=O)NC(=O)[C@@H](N)Cc1ccccc1. The lowest BCUT2D eigenvalue weighted by molar-refractivity contribution is -0.141. The third-order valence-corrected chi connectivity index (χ3v) is 2.45. The maximum atomic E-state index is 11.6. The first kappa shape index (κ1) is 14.1. The van der Waals surface area contributed by atoms with Gasteiger partial charge in [0.15, 0.2) is 0 Å². The third-order valence-electron chi connectivity index (χ3n) is 2.45. The highest BCUT2D eigenvalue weighted by atomic mass is 16.2. The summed E-state index contributed by atoms with van der Waals surface area (Å²) in [4.78, 5) is 33.8. The average molecular weight is 248 g/mol. The smallest absolute Gasteiger partial charge is 0.293 e. The van der Waals surface area contributed by atoms with Crippen LogP contribution < -0.4 is 11.1 Å². The van der Waals surface area contributed by atoms with E-state index in [1.165, 1.54) is 0 Å². The van der Waals surface area contributed by atoms with Gasteiger partial charge in [0, 0.05) is 6.42 Å². The van der Waals surface area contributed by atoms with Crippen molar-refractivity contribution < 1.29 is 14.4 Å². The fourth-order valence-corrected chi connectivity index (χ4v) is 1.40. The number of hydrogen-bond acceptors (Lipinski definition) is 4. The van der Waals surface area contributed by atoms with Crippen LogP contribution in [0.15, 0.2) is 30.3 Å². The molecule has 1 rings (SSSR count). The third kappa shape index (κ3) is 4.10. The van der Waals surface area contributed by atoms with Gasteiger partial charge >= 0.3 is 0 Å². The van der Waals surface area contributed by atoms with Gasteiger partial charge in [-0.2, -0.15) is 0 Å². The summed E-state index contributed by atoms with van der Waals surface area (Å²) in [6.07, 6.45) is 0.382. The summed E-state index contributed by atoms with van der Waals surface area (Å²) in [5.74, 6) is -2.16. The van der Waals surface area contributed by atoms with Crippen molar-refractivity contribution in [1.82, 2.24) is 5.32 Å². The van der Waals surface area contributed by atoms with Crippen molar-refractivity contribution in [2.24, 2.45) is 5.73 Å². The Hall–Kier alpha value is -2.01. The largest absolute Gasteiger partial charge is 0.320 e. The molecule has 0 spiro atoms. The number of hydrogen-bond donors (Lipinski definition) is 2. The van der Waals surface area contributed by atoms with Crippen LogP contribution in [0.1, 0.15) is 18.9 Å². The van der Waals surface area contributed by atoms with Crippen molar-refractivity contribution in [3.8, 4) is 0 Å². The average Bonchev–Trinajstić information content (AvgIpc) is 2.38. The molecule has 5 heteroatoms. The summed E-state index contributed by atoms with van der Waals surface area (Å²) in [7, 11) is 0. The first-order chi connectivity index (χ1) is 8.54. The second-order valence-electron chi connectivity index (χ2n) is 3.89. The second-order valence-corrected chi connectivity index (χ2v) is 3.89.